The fourth-order valence-electron chi connectivity index (χ4n) is 1.88. The molecule has 20 heavy (non-hydrogen) atoms. The van der Waals surface area contributed by atoms with Gasteiger partial charge in [0.15, 0.2) is 0 Å². The number of carbonyl (C=O) groups is 1. The molecule has 1 aromatic carbocycles. The first-order valence-electron chi connectivity index (χ1n) is 6.30. The number of carbonyl (C=O) groups excluding carboxylic acids is 1. The molecule has 0 fully saturated rings. The maximum absolute atomic E-state index is 13.7. The standard InChI is InChI=1S/C14H15BrFN3O/c1-9-10(8-18-19-9)4-3-7-17-14(20)11-5-2-6-12(15)13(11)16/h2,5-6,8H,3-4,7H2,1H3,(H,17,20)(H,18,19). The molecule has 0 aliphatic heterocycles. The lowest BCUT2D eigenvalue weighted by atomic mass is 10.1. The van der Waals surface area contributed by atoms with Crippen LogP contribution in [0.3, 0.4) is 0 Å². The molecule has 0 atom stereocenters. The summed E-state index contributed by atoms with van der Waals surface area (Å²) in [6.07, 6.45) is 3.39. The number of hydrogen-bond acceptors (Lipinski definition) is 2. The molecule has 2 rings (SSSR count). The predicted octanol–water partition coefficient (Wildman–Crippen LogP) is 2.98. The monoisotopic (exact) mass is 339 g/mol. The molecule has 0 aliphatic rings. The minimum absolute atomic E-state index is 0.0545. The Morgan fingerprint density at radius 2 is 2.30 bits per heavy atom. The molecule has 1 amide bonds. The van der Waals surface area contributed by atoms with Crippen LogP contribution in [0.15, 0.2) is 28.9 Å². The van der Waals surface area contributed by atoms with Gasteiger partial charge >= 0.3 is 0 Å². The number of aromatic nitrogens is 2. The number of benzene rings is 1. The first-order valence-corrected chi connectivity index (χ1v) is 7.10. The topological polar surface area (TPSA) is 57.8 Å². The second kappa shape index (κ2) is 6.65. The van der Waals surface area contributed by atoms with Gasteiger partial charge < -0.3 is 5.32 Å². The molecule has 0 aliphatic carbocycles. The second-order valence-electron chi connectivity index (χ2n) is 4.48. The highest BCUT2D eigenvalue weighted by molar-refractivity contribution is 9.10. The van der Waals surface area contributed by atoms with Gasteiger partial charge in [-0.1, -0.05) is 6.07 Å². The van der Waals surface area contributed by atoms with Crippen LogP contribution in [0.5, 0.6) is 0 Å². The molecule has 0 saturated heterocycles. The van der Waals surface area contributed by atoms with Crippen LogP contribution in [0.2, 0.25) is 0 Å². The van der Waals surface area contributed by atoms with Crippen LogP contribution in [-0.4, -0.2) is 22.6 Å². The highest BCUT2D eigenvalue weighted by atomic mass is 79.9. The van der Waals surface area contributed by atoms with Gasteiger partial charge in [0.1, 0.15) is 5.82 Å². The number of hydrogen-bond donors (Lipinski definition) is 2. The lowest BCUT2D eigenvalue weighted by Gasteiger charge is -2.06. The summed E-state index contributed by atoms with van der Waals surface area (Å²) in [5.74, 6) is -0.927. The van der Waals surface area contributed by atoms with Gasteiger partial charge in [-0.25, -0.2) is 4.39 Å². The van der Waals surface area contributed by atoms with Gasteiger partial charge in [-0.2, -0.15) is 5.10 Å². The van der Waals surface area contributed by atoms with Crippen LogP contribution in [0.1, 0.15) is 28.0 Å². The zero-order valence-electron chi connectivity index (χ0n) is 11.0. The Morgan fingerprint density at radius 3 is 3.00 bits per heavy atom. The molecular formula is C14H15BrFN3O. The first kappa shape index (κ1) is 14.7. The first-order chi connectivity index (χ1) is 9.59. The van der Waals surface area contributed by atoms with Gasteiger partial charge in [0.05, 0.1) is 16.2 Å². The molecule has 1 heterocycles. The van der Waals surface area contributed by atoms with E-state index in [2.05, 4.69) is 31.4 Å². The summed E-state index contributed by atoms with van der Waals surface area (Å²) in [5.41, 5.74) is 2.22. The number of aromatic amines is 1. The molecule has 6 heteroatoms. The molecule has 0 spiro atoms. The van der Waals surface area contributed by atoms with Crippen LogP contribution >= 0.6 is 15.9 Å². The van der Waals surface area contributed by atoms with Crippen LogP contribution in [0, 0.1) is 12.7 Å². The lowest BCUT2D eigenvalue weighted by molar-refractivity contribution is 0.0949. The van der Waals surface area contributed by atoms with Crippen molar-refractivity contribution in [1.82, 2.24) is 15.5 Å². The van der Waals surface area contributed by atoms with Gasteiger partial charge in [-0.05, 0) is 53.4 Å². The zero-order chi connectivity index (χ0) is 14.5. The number of aryl methyl sites for hydroxylation is 2. The Kier molecular flexibility index (Phi) is 4.89. The van der Waals surface area contributed by atoms with Crippen LogP contribution in [0.4, 0.5) is 4.39 Å². The van der Waals surface area contributed by atoms with Crippen molar-refractivity contribution in [3.05, 3.63) is 51.5 Å². The van der Waals surface area contributed by atoms with Gasteiger partial charge in [0.25, 0.3) is 5.91 Å². The molecule has 0 bridgehead atoms. The molecule has 2 aromatic rings. The number of amides is 1. The van der Waals surface area contributed by atoms with Crippen molar-refractivity contribution < 1.29 is 9.18 Å². The van der Waals surface area contributed by atoms with E-state index in [4.69, 9.17) is 0 Å². The Bertz CT molecular complexity index is 612. The summed E-state index contributed by atoms with van der Waals surface area (Å²) in [6.45, 7) is 2.45. The predicted molar refractivity (Wildman–Crippen MR) is 78.1 cm³/mol. The van der Waals surface area contributed by atoms with Gasteiger partial charge in [0.2, 0.25) is 0 Å². The fourth-order valence-corrected chi connectivity index (χ4v) is 2.25. The summed E-state index contributed by atoms with van der Waals surface area (Å²) in [4.78, 5) is 11.9. The molecule has 0 saturated carbocycles. The molecule has 0 unspecified atom stereocenters. The summed E-state index contributed by atoms with van der Waals surface area (Å²) in [5, 5.41) is 9.52. The quantitative estimate of drug-likeness (QED) is 0.822. The van der Waals surface area contributed by atoms with E-state index in [0.29, 0.717) is 11.0 Å². The van der Waals surface area contributed by atoms with Crippen molar-refractivity contribution in [2.75, 3.05) is 6.54 Å². The summed E-state index contributed by atoms with van der Waals surface area (Å²) in [7, 11) is 0. The normalized spacial score (nSPS) is 10.6. The summed E-state index contributed by atoms with van der Waals surface area (Å²) < 4.78 is 14.0. The number of rotatable bonds is 5. The Balaban J connectivity index is 1.84. The zero-order valence-corrected chi connectivity index (χ0v) is 12.6. The average Bonchev–Trinajstić information content (AvgIpc) is 2.83. The van der Waals surface area contributed by atoms with E-state index in [1.807, 2.05) is 6.92 Å². The Labute approximate surface area is 124 Å². The molecule has 2 N–H and O–H groups in total. The maximum atomic E-state index is 13.7. The molecular weight excluding hydrogens is 325 g/mol. The Morgan fingerprint density at radius 1 is 1.50 bits per heavy atom. The molecule has 0 radical (unpaired) electrons. The van der Waals surface area contributed by atoms with Gasteiger partial charge in [-0.15, -0.1) is 0 Å². The van der Waals surface area contributed by atoms with Gasteiger partial charge in [-0.3, -0.25) is 9.89 Å². The second-order valence-corrected chi connectivity index (χ2v) is 5.34. The lowest BCUT2D eigenvalue weighted by Crippen LogP contribution is -2.25. The SMILES string of the molecule is Cc1[nH]ncc1CCCNC(=O)c1cccc(Br)c1F. The van der Waals surface area contributed by atoms with Crippen molar-refractivity contribution in [3.8, 4) is 0 Å². The third kappa shape index (κ3) is 3.45. The summed E-state index contributed by atoms with van der Waals surface area (Å²) in [6, 6.07) is 4.67. The average molecular weight is 340 g/mol. The minimum atomic E-state index is -0.532. The highest BCUT2D eigenvalue weighted by Gasteiger charge is 2.13. The van der Waals surface area contributed by atoms with Crippen molar-refractivity contribution in [2.24, 2.45) is 0 Å². The fraction of sp³-hybridized carbons (Fsp3) is 0.286. The van der Waals surface area contributed by atoms with Crippen molar-refractivity contribution in [3.63, 3.8) is 0 Å². The third-order valence-electron chi connectivity index (χ3n) is 3.04. The van der Waals surface area contributed by atoms with Crippen molar-refractivity contribution >= 4 is 21.8 Å². The number of nitrogens with zero attached hydrogens (tertiary/aromatic N) is 1. The van der Waals surface area contributed by atoms with Crippen LogP contribution in [0.25, 0.3) is 0 Å². The van der Waals surface area contributed by atoms with E-state index in [-0.39, 0.29) is 5.56 Å². The minimum Gasteiger partial charge on any atom is -0.352 e. The molecule has 106 valence electrons. The highest BCUT2D eigenvalue weighted by Crippen LogP contribution is 2.18. The van der Waals surface area contributed by atoms with E-state index in [1.54, 1.807) is 18.3 Å². The van der Waals surface area contributed by atoms with Gasteiger partial charge in [0, 0.05) is 12.2 Å². The Hall–Kier alpha value is -1.69. The van der Waals surface area contributed by atoms with E-state index in [1.165, 1.54) is 6.07 Å². The van der Waals surface area contributed by atoms with Crippen molar-refractivity contribution in [1.29, 1.82) is 0 Å². The largest absolute Gasteiger partial charge is 0.352 e. The van der Waals surface area contributed by atoms with Crippen LogP contribution < -0.4 is 5.32 Å². The van der Waals surface area contributed by atoms with E-state index >= 15 is 0 Å². The third-order valence-corrected chi connectivity index (χ3v) is 3.65. The van der Waals surface area contributed by atoms with E-state index < -0.39 is 11.7 Å². The molecule has 1 aromatic heterocycles. The van der Waals surface area contributed by atoms with E-state index in [0.717, 1.165) is 24.1 Å². The van der Waals surface area contributed by atoms with Crippen molar-refractivity contribution in [2.45, 2.75) is 19.8 Å². The number of nitrogens with one attached hydrogen (secondary N) is 2. The smallest absolute Gasteiger partial charge is 0.254 e. The maximum Gasteiger partial charge on any atom is 0.254 e. The molecule has 4 nitrogen and oxygen atoms in total. The van der Waals surface area contributed by atoms with E-state index in [9.17, 15) is 9.18 Å². The summed E-state index contributed by atoms with van der Waals surface area (Å²) >= 11 is 3.06. The van der Waals surface area contributed by atoms with Crippen LogP contribution in [-0.2, 0) is 6.42 Å². The number of H-pyrrole nitrogens is 1. The number of halogens is 2.